The quantitative estimate of drug-likeness (QED) is 0.826. The lowest BCUT2D eigenvalue weighted by molar-refractivity contribution is 0.0840. The van der Waals surface area contributed by atoms with Crippen LogP contribution in [0.3, 0.4) is 0 Å². The predicted octanol–water partition coefficient (Wildman–Crippen LogP) is 1.73. The molecule has 2 N–H and O–H groups in total. The van der Waals surface area contributed by atoms with Crippen molar-refractivity contribution >= 4 is 17.4 Å². The Balaban J connectivity index is 2.73. The summed E-state index contributed by atoms with van der Waals surface area (Å²) in [6.07, 6.45) is 1.67. The van der Waals surface area contributed by atoms with Gasteiger partial charge in [0.1, 0.15) is 0 Å². The molecule has 0 saturated carbocycles. The second-order valence-corrected chi connectivity index (χ2v) is 4.87. The summed E-state index contributed by atoms with van der Waals surface area (Å²) in [5.74, 6) is -0.156. The molecule has 0 unspecified atom stereocenters. The number of hydrogen-bond acceptors (Lipinski definition) is 4. The lowest BCUT2D eigenvalue weighted by atomic mass is 9.97. The molecule has 1 aromatic heterocycles. The average molecular weight is 242 g/mol. The van der Waals surface area contributed by atoms with Gasteiger partial charge in [-0.05, 0) is 31.8 Å². The third-order valence-electron chi connectivity index (χ3n) is 2.56. The molecule has 0 aliphatic heterocycles. The molecule has 1 atom stereocenters. The number of rotatable bonds is 5. The number of nitrogens with one attached hydrogen (secondary N) is 1. The normalized spacial score (nSPS) is 14.5. The Morgan fingerprint density at radius 3 is 2.81 bits per heavy atom. The van der Waals surface area contributed by atoms with E-state index in [0.29, 0.717) is 5.56 Å². The van der Waals surface area contributed by atoms with Crippen LogP contribution in [0.25, 0.3) is 0 Å². The van der Waals surface area contributed by atoms with Gasteiger partial charge in [-0.3, -0.25) is 4.79 Å². The number of aliphatic hydroxyl groups excluding tert-OH is 1. The van der Waals surface area contributed by atoms with E-state index in [1.807, 2.05) is 20.8 Å². The summed E-state index contributed by atoms with van der Waals surface area (Å²) in [5.41, 5.74) is 0.792. The highest BCUT2D eigenvalue weighted by Gasteiger charge is 2.25. The van der Waals surface area contributed by atoms with Gasteiger partial charge in [0.25, 0.3) is 5.91 Å². The predicted molar refractivity (Wildman–Crippen MR) is 64.7 cm³/mol. The lowest BCUT2D eigenvalue weighted by Gasteiger charge is -2.28. The maximum absolute atomic E-state index is 11.9. The van der Waals surface area contributed by atoms with Gasteiger partial charge in [-0.25, -0.2) is 0 Å². The fourth-order valence-corrected chi connectivity index (χ4v) is 2.28. The van der Waals surface area contributed by atoms with Gasteiger partial charge in [0.15, 0.2) is 0 Å². The van der Waals surface area contributed by atoms with Gasteiger partial charge in [-0.2, -0.15) is 4.37 Å². The van der Waals surface area contributed by atoms with Crippen molar-refractivity contribution in [2.75, 3.05) is 6.61 Å². The highest BCUT2D eigenvalue weighted by Crippen LogP contribution is 2.15. The zero-order valence-corrected chi connectivity index (χ0v) is 10.7. The highest BCUT2D eigenvalue weighted by molar-refractivity contribution is 7.03. The summed E-state index contributed by atoms with van der Waals surface area (Å²) in [6, 6.07) is 0. The number of amides is 1. The van der Waals surface area contributed by atoms with E-state index in [-0.39, 0.29) is 12.5 Å². The molecule has 1 heterocycles. The summed E-state index contributed by atoms with van der Waals surface area (Å²) in [6.45, 7) is 5.63. The first-order chi connectivity index (χ1) is 7.52. The van der Waals surface area contributed by atoms with Crippen molar-refractivity contribution in [2.45, 2.75) is 39.2 Å². The SMILES string of the molecule is CCC[C@](C)(CO)NC(=O)c1csnc1C. The summed E-state index contributed by atoms with van der Waals surface area (Å²) in [5, 5.41) is 13.9. The Kier molecular flexibility index (Phi) is 4.44. The molecule has 16 heavy (non-hydrogen) atoms. The van der Waals surface area contributed by atoms with Crippen LogP contribution in [0.5, 0.6) is 0 Å². The molecule has 0 aliphatic rings. The van der Waals surface area contributed by atoms with E-state index in [2.05, 4.69) is 9.69 Å². The molecule has 0 radical (unpaired) electrons. The molecule has 0 fully saturated rings. The van der Waals surface area contributed by atoms with Crippen LogP contribution in [0.2, 0.25) is 0 Å². The first-order valence-electron chi connectivity index (χ1n) is 5.37. The Bertz CT molecular complexity index is 365. The molecule has 1 amide bonds. The summed E-state index contributed by atoms with van der Waals surface area (Å²) in [7, 11) is 0. The maximum atomic E-state index is 11.9. The van der Waals surface area contributed by atoms with Crippen LogP contribution in [-0.4, -0.2) is 27.5 Å². The Morgan fingerprint density at radius 1 is 1.69 bits per heavy atom. The third kappa shape index (κ3) is 3.02. The van der Waals surface area contributed by atoms with Crippen molar-refractivity contribution in [1.82, 2.24) is 9.69 Å². The molecule has 1 rings (SSSR count). The minimum atomic E-state index is -0.541. The molecule has 0 aliphatic carbocycles. The Morgan fingerprint density at radius 2 is 2.38 bits per heavy atom. The van der Waals surface area contributed by atoms with Gasteiger partial charge in [0.05, 0.1) is 23.4 Å². The van der Waals surface area contributed by atoms with Crippen LogP contribution < -0.4 is 5.32 Å². The van der Waals surface area contributed by atoms with Crippen molar-refractivity contribution < 1.29 is 9.90 Å². The fraction of sp³-hybridized carbons (Fsp3) is 0.636. The third-order valence-corrected chi connectivity index (χ3v) is 3.28. The van der Waals surface area contributed by atoms with Crippen molar-refractivity contribution in [3.8, 4) is 0 Å². The minimum Gasteiger partial charge on any atom is -0.394 e. The number of carbonyl (C=O) groups excluding carboxylic acids is 1. The van der Waals surface area contributed by atoms with E-state index >= 15 is 0 Å². The molecule has 1 aromatic rings. The Labute approximate surface area is 99.9 Å². The second-order valence-electron chi connectivity index (χ2n) is 4.24. The lowest BCUT2D eigenvalue weighted by Crippen LogP contribution is -2.48. The number of carbonyl (C=O) groups is 1. The van der Waals surface area contributed by atoms with E-state index in [1.54, 1.807) is 5.38 Å². The van der Waals surface area contributed by atoms with Crippen molar-refractivity contribution in [1.29, 1.82) is 0 Å². The van der Waals surface area contributed by atoms with E-state index in [9.17, 15) is 9.90 Å². The zero-order chi connectivity index (χ0) is 12.2. The van der Waals surface area contributed by atoms with Crippen molar-refractivity contribution in [3.63, 3.8) is 0 Å². The largest absolute Gasteiger partial charge is 0.394 e. The standard InChI is InChI=1S/C11H18N2O2S/c1-4-5-11(3,7-14)12-10(15)9-6-16-13-8(9)2/h6,14H,4-5,7H2,1-3H3,(H,12,15)/t11-/m1/s1. The van der Waals surface area contributed by atoms with Crippen LogP contribution in [0, 0.1) is 6.92 Å². The summed E-state index contributed by atoms with van der Waals surface area (Å²) >= 11 is 1.27. The second kappa shape index (κ2) is 5.41. The minimum absolute atomic E-state index is 0.0524. The molecule has 0 saturated heterocycles. The molecule has 0 aromatic carbocycles. The van der Waals surface area contributed by atoms with Crippen LogP contribution >= 0.6 is 11.5 Å². The van der Waals surface area contributed by atoms with E-state index in [1.165, 1.54) is 11.5 Å². The van der Waals surface area contributed by atoms with Crippen LogP contribution in [-0.2, 0) is 0 Å². The topological polar surface area (TPSA) is 62.2 Å². The van der Waals surface area contributed by atoms with Crippen LogP contribution in [0.15, 0.2) is 5.38 Å². The first-order valence-corrected chi connectivity index (χ1v) is 6.20. The molecule has 5 heteroatoms. The van der Waals surface area contributed by atoms with Crippen molar-refractivity contribution in [2.24, 2.45) is 0 Å². The zero-order valence-electron chi connectivity index (χ0n) is 9.91. The number of hydrogen-bond donors (Lipinski definition) is 2. The monoisotopic (exact) mass is 242 g/mol. The molecule has 90 valence electrons. The fourth-order valence-electron chi connectivity index (χ4n) is 1.58. The molecular formula is C11H18N2O2S. The van der Waals surface area contributed by atoms with Gasteiger partial charge >= 0.3 is 0 Å². The molecule has 4 nitrogen and oxygen atoms in total. The molecule has 0 bridgehead atoms. The average Bonchev–Trinajstić information content (AvgIpc) is 2.65. The summed E-state index contributed by atoms with van der Waals surface area (Å²) in [4.78, 5) is 11.9. The Hall–Kier alpha value is -0.940. The van der Waals surface area contributed by atoms with Gasteiger partial charge < -0.3 is 10.4 Å². The molecule has 0 spiro atoms. The number of aliphatic hydroxyl groups is 1. The van der Waals surface area contributed by atoms with E-state index in [0.717, 1.165) is 18.5 Å². The first kappa shape index (κ1) is 13.1. The van der Waals surface area contributed by atoms with E-state index < -0.39 is 5.54 Å². The molecular weight excluding hydrogens is 224 g/mol. The van der Waals surface area contributed by atoms with Gasteiger partial charge in [0, 0.05) is 5.38 Å². The number of nitrogens with zero attached hydrogens (tertiary/aromatic N) is 1. The van der Waals surface area contributed by atoms with Crippen LogP contribution in [0.1, 0.15) is 42.7 Å². The van der Waals surface area contributed by atoms with Crippen LogP contribution in [0.4, 0.5) is 0 Å². The van der Waals surface area contributed by atoms with Gasteiger partial charge in [0.2, 0.25) is 0 Å². The number of aryl methyl sites for hydroxylation is 1. The maximum Gasteiger partial charge on any atom is 0.254 e. The highest BCUT2D eigenvalue weighted by atomic mass is 32.1. The van der Waals surface area contributed by atoms with Gasteiger partial charge in [-0.1, -0.05) is 13.3 Å². The summed E-state index contributed by atoms with van der Waals surface area (Å²) < 4.78 is 4.06. The smallest absolute Gasteiger partial charge is 0.254 e. The number of aromatic nitrogens is 1. The van der Waals surface area contributed by atoms with E-state index in [4.69, 9.17) is 0 Å². The van der Waals surface area contributed by atoms with Crippen molar-refractivity contribution in [3.05, 3.63) is 16.6 Å². The van der Waals surface area contributed by atoms with Gasteiger partial charge in [-0.15, -0.1) is 0 Å².